The molecular formula is C26H28N4O2. The molecule has 4 aromatic rings. The number of aromatic nitrogens is 3. The number of aryl methyl sites for hydroxylation is 3. The normalized spacial score (nSPS) is 16.7. The minimum atomic E-state index is -0.444. The van der Waals surface area contributed by atoms with Crippen LogP contribution in [0.5, 0.6) is 5.75 Å². The fourth-order valence-electron chi connectivity index (χ4n) is 5.38. The Bertz CT molecular complexity index is 1380. The maximum Gasteiger partial charge on any atom is 0.255 e. The van der Waals surface area contributed by atoms with Gasteiger partial charge >= 0.3 is 0 Å². The van der Waals surface area contributed by atoms with Gasteiger partial charge in [0.25, 0.3) is 5.91 Å². The molecule has 1 fully saturated rings. The minimum absolute atomic E-state index is 0. The van der Waals surface area contributed by atoms with Crippen molar-refractivity contribution in [3.8, 4) is 17.0 Å². The summed E-state index contributed by atoms with van der Waals surface area (Å²) in [5, 5.41) is 5.66. The summed E-state index contributed by atoms with van der Waals surface area (Å²) in [7, 11) is 1.98. The van der Waals surface area contributed by atoms with Gasteiger partial charge in [-0.3, -0.25) is 9.48 Å². The molecule has 2 aliphatic rings. The topological polar surface area (TPSA) is 63.1 Å². The second-order valence-electron chi connectivity index (χ2n) is 9.02. The molecule has 2 aromatic heterocycles. The van der Waals surface area contributed by atoms with Gasteiger partial charge in [0.15, 0.2) is 0 Å². The molecule has 4 heterocycles. The van der Waals surface area contributed by atoms with E-state index < -0.39 is 5.60 Å². The molecule has 1 spiro atoms. The Hall–Kier alpha value is -3.54. The van der Waals surface area contributed by atoms with Gasteiger partial charge in [-0.15, -0.1) is 0 Å². The highest BCUT2D eigenvalue weighted by Gasteiger charge is 2.46. The van der Waals surface area contributed by atoms with Crippen LogP contribution in [0.3, 0.4) is 0 Å². The number of carbonyl (C=O) groups is 1. The number of piperidine rings is 1. The zero-order valence-corrected chi connectivity index (χ0v) is 18.6. The molecular weight excluding hydrogens is 400 g/mol. The summed E-state index contributed by atoms with van der Waals surface area (Å²) in [4.78, 5) is 18.9. The second kappa shape index (κ2) is 6.73. The molecule has 6 heteroatoms. The minimum Gasteiger partial charge on any atom is -0.482 e. The van der Waals surface area contributed by atoms with Crippen molar-refractivity contribution in [1.82, 2.24) is 19.7 Å². The molecule has 32 heavy (non-hydrogen) atoms. The molecule has 0 unspecified atom stereocenters. The Kier molecular flexibility index (Phi) is 4.03. The van der Waals surface area contributed by atoms with Crippen molar-refractivity contribution < 1.29 is 11.0 Å². The average Bonchev–Trinajstić information content (AvgIpc) is 3.34. The second-order valence-corrected chi connectivity index (χ2v) is 9.02. The first kappa shape index (κ1) is 19.2. The van der Waals surface area contributed by atoms with Crippen LogP contribution >= 0.6 is 0 Å². The third-order valence-corrected chi connectivity index (χ3v) is 7.31. The van der Waals surface area contributed by atoms with Gasteiger partial charge in [0.05, 0.1) is 23.0 Å². The van der Waals surface area contributed by atoms with E-state index in [2.05, 4.69) is 36.1 Å². The SMILES string of the molecule is Cc1[nH]c2c(C(=O)N3CCC4(CC3)Oc3ccccc3-c3c4cnn3C)cccc2c1C.[HH]. The van der Waals surface area contributed by atoms with Crippen LogP contribution < -0.4 is 4.74 Å². The van der Waals surface area contributed by atoms with Gasteiger partial charge in [-0.25, -0.2) is 0 Å². The molecule has 2 aliphatic heterocycles. The Morgan fingerprint density at radius 1 is 1.12 bits per heavy atom. The van der Waals surface area contributed by atoms with E-state index in [0.29, 0.717) is 13.1 Å². The number of ether oxygens (including phenoxy) is 1. The zero-order valence-electron chi connectivity index (χ0n) is 18.6. The lowest BCUT2D eigenvalue weighted by Gasteiger charge is -2.44. The average molecular weight is 429 g/mol. The Morgan fingerprint density at radius 3 is 2.72 bits per heavy atom. The van der Waals surface area contributed by atoms with Crippen LogP contribution in [-0.2, 0) is 12.6 Å². The lowest BCUT2D eigenvalue weighted by atomic mass is 9.81. The number of likely N-dealkylation sites (tertiary alicyclic amines) is 1. The van der Waals surface area contributed by atoms with Crippen LogP contribution in [-0.4, -0.2) is 38.7 Å². The van der Waals surface area contributed by atoms with Crippen molar-refractivity contribution in [2.24, 2.45) is 7.05 Å². The summed E-state index contributed by atoms with van der Waals surface area (Å²) in [5.74, 6) is 0.972. The van der Waals surface area contributed by atoms with E-state index in [4.69, 9.17) is 4.74 Å². The summed E-state index contributed by atoms with van der Waals surface area (Å²) < 4.78 is 8.56. The van der Waals surface area contributed by atoms with Crippen molar-refractivity contribution >= 4 is 16.8 Å². The molecule has 0 atom stereocenters. The van der Waals surface area contributed by atoms with Crippen LogP contribution in [0.15, 0.2) is 48.7 Å². The van der Waals surface area contributed by atoms with Gasteiger partial charge < -0.3 is 14.6 Å². The number of hydrogen-bond donors (Lipinski definition) is 1. The summed E-state index contributed by atoms with van der Waals surface area (Å²) in [6.07, 6.45) is 3.42. The van der Waals surface area contributed by atoms with Crippen molar-refractivity contribution in [3.63, 3.8) is 0 Å². The number of rotatable bonds is 1. The molecule has 0 aliphatic carbocycles. The van der Waals surface area contributed by atoms with E-state index in [1.807, 2.05) is 53.2 Å². The Balaban J connectivity index is 0.00000228. The Labute approximate surface area is 188 Å². The van der Waals surface area contributed by atoms with Crippen LogP contribution in [0.25, 0.3) is 22.2 Å². The van der Waals surface area contributed by atoms with Crippen LogP contribution in [0.4, 0.5) is 0 Å². The number of hydrogen-bond acceptors (Lipinski definition) is 3. The van der Waals surface area contributed by atoms with Crippen LogP contribution in [0.2, 0.25) is 0 Å². The molecule has 6 rings (SSSR count). The maximum absolute atomic E-state index is 13.5. The van der Waals surface area contributed by atoms with E-state index in [1.54, 1.807) is 0 Å². The standard InChI is InChI=1S/C26H26N4O2.H2/c1-16-17(2)28-23-18(16)8-6-9-20(23)25(31)30-13-11-26(12-14-30)21-15-27-29(3)24(21)19-7-4-5-10-22(19)32-26;/h4-10,15,28H,11-14H2,1-3H3;1H. The highest BCUT2D eigenvalue weighted by atomic mass is 16.5. The van der Waals surface area contributed by atoms with E-state index in [9.17, 15) is 4.79 Å². The quantitative estimate of drug-likeness (QED) is 0.466. The monoisotopic (exact) mass is 428 g/mol. The highest BCUT2D eigenvalue weighted by Crippen LogP contribution is 2.49. The van der Waals surface area contributed by atoms with Gasteiger partial charge in [-0.2, -0.15) is 5.10 Å². The number of carbonyl (C=O) groups excluding carboxylic acids is 1. The maximum atomic E-state index is 13.5. The molecule has 164 valence electrons. The lowest BCUT2D eigenvalue weighted by molar-refractivity contribution is -0.00166. The third-order valence-electron chi connectivity index (χ3n) is 7.31. The highest BCUT2D eigenvalue weighted by molar-refractivity contribution is 6.06. The summed E-state index contributed by atoms with van der Waals surface area (Å²) >= 11 is 0. The van der Waals surface area contributed by atoms with E-state index in [-0.39, 0.29) is 7.33 Å². The van der Waals surface area contributed by atoms with E-state index in [0.717, 1.165) is 57.6 Å². The lowest BCUT2D eigenvalue weighted by Crippen LogP contribution is -2.49. The molecule has 1 N–H and O–H groups in total. The van der Waals surface area contributed by atoms with Gasteiger partial charge in [0.2, 0.25) is 0 Å². The number of aromatic amines is 1. The summed E-state index contributed by atoms with van der Waals surface area (Å²) in [5.41, 5.74) is 6.87. The summed E-state index contributed by atoms with van der Waals surface area (Å²) in [6.45, 7) is 5.43. The van der Waals surface area contributed by atoms with Gasteiger partial charge in [-0.05, 0) is 37.6 Å². The third kappa shape index (κ3) is 2.58. The fraction of sp³-hybridized carbons (Fsp3) is 0.308. The van der Waals surface area contributed by atoms with Crippen molar-refractivity contribution in [2.75, 3.05) is 13.1 Å². The number of para-hydroxylation sites is 2. The van der Waals surface area contributed by atoms with Gasteiger partial charge in [0, 0.05) is 56.6 Å². The largest absolute Gasteiger partial charge is 0.482 e. The predicted octanol–water partition coefficient (Wildman–Crippen LogP) is 4.96. The van der Waals surface area contributed by atoms with E-state index in [1.165, 1.54) is 5.56 Å². The predicted molar refractivity (Wildman–Crippen MR) is 126 cm³/mol. The van der Waals surface area contributed by atoms with Gasteiger partial charge in [0.1, 0.15) is 11.4 Å². The molecule has 1 saturated heterocycles. The smallest absolute Gasteiger partial charge is 0.255 e. The van der Waals surface area contributed by atoms with Gasteiger partial charge in [-0.1, -0.05) is 24.3 Å². The molecule has 0 radical (unpaired) electrons. The van der Waals surface area contributed by atoms with Crippen molar-refractivity contribution in [3.05, 3.63) is 71.0 Å². The molecule has 0 saturated carbocycles. The van der Waals surface area contributed by atoms with Crippen LogP contribution in [0.1, 0.15) is 41.4 Å². The zero-order chi connectivity index (χ0) is 22.0. The number of nitrogens with zero attached hydrogens (tertiary/aromatic N) is 3. The number of fused-ring (bicyclic) bond motifs is 5. The summed E-state index contributed by atoms with van der Waals surface area (Å²) in [6, 6.07) is 14.1. The number of nitrogens with one attached hydrogen (secondary N) is 1. The van der Waals surface area contributed by atoms with E-state index >= 15 is 0 Å². The molecule has 6 nitrogen and oxygen atoms in total. The first-order chi connectivity index (χ1) is 15.5. The molecule has 1 amide bonds. The molecule has 0 bridgehead atoms. The Morgan fingerprint density at radius 2 is 1.91 bits per heavy atom. The fourth-order valence-corrected chi connectivity index (χ4v) is 5.38. The first-order valence-corrected chi connectivity index (χ1v) is 11.2. The number of benzene rings is 2. The van der Waals surface area contributed by atoms with Crippen molar-refractivity contribution in [2.45, 2.75) is 32.3 Å². The number of H-pyrrole nitrogens is 1. The molecule has 2 aromatic carbocycles. The first-order valence-electron chi connectivity index (χ1n) is 11.2. The van der Waals surface area contributed by atoms with Crippen molar-refractivity contribution in [1.29, 1.82) is 0 Å². The van der Waals surface area contributed by atoms with Crippen LogP contribution in [0, 0.1) is 13.8 Å². The number of amides is 1.